The Kier molecular flexibility index (Phi) is 1.91. The summed E-state index contributed by atoms with van der Waals surface area (Å²) in [6, 6.07) is 3.09. The summed E-state index contributed by atoms with van der Waals surface area (Å²) >= 11 is 0. The molecular weight excluding hydrogens is 158 g/mol. The normalized spacial score (nSPS) is 13.3. The topological polar surface area (TPSA) is 56.3 Å². The number of carbonyl (C=O) groups excluding carboxylic acids is 2. The average molecular weight is 165 g/mol. The van der Waals surface area contributed by atoms with Crippen molar-refractivity contribution in [3.63, 3.8) is 0 Å². The molecule has 0 aliphatic carbocycles. The van der Waals surface area contributed by atoms with E-state index in [0.717, 1.165) is 0 Å². The first-order valence-corrected chi connectivity index (χ1v) is 3.00. The highest BCUT2D eigenvalue weighted by atomic mass is 16.6. The Morgan fingerprint density at radius 2 is 2.00 bits per heavy atom. The van der Waals surface area contributed by atoms with E-state index in [2.05, 4.69) is 9.72 Å². The molecule has 4 nitrogen and oxygen atoms in total. The number of rotatable bonds is 0. The maximum Gasteiger partial charge on any atom is 0.365 e. The zero-order valence-electron chi connectivity index (χ0n) is 5.40. The molecule has 12 heavy (non-hydrogen) atoms. The second kappa shape index (κ2) is 2.73. The molecule has 0 amide bonds. The first-order valence-electron chi connectivity index (χ1n) is 3.00. The second-order valence-corrected chi connectivity index (χ2v) is 2.08. The molecule has 0 aromatic carbocycles. The molecule has 0 radical (unpaired) electrons. The number of nitrogens with zero attached hydrogens (tertiary/aromatic N) is 1. The minimum atomic E-state index is -0.661. The maximum atomic E-state index is 10.8. The molecule has 0 spiro atoms. The van der Waals surface area contributed by atoms with Crippen LogP contribution in [0.5, 0.6) is 0 Å². The van der Waals surface area contributed by atoms with E-state index in [4.69, 9.17) is 0 Å². The van der Waals surface area contributed by atoms with Gasteiger partial charge in [-0.1, -0.05) is 7.43 Å². The molecule has 0 unspecified atom stereocenters. The van der Waals surface area contributed by atoms with Crippen molar-refractivity contribution in [2.75, 3.05) is 0 Å². The van der Waals surface area contributed by atoms with Crippen molar-refractivity contribution in [1.29, 1.82) is 0 Å². The molecule has 1 aliphatic rings. The molecule has 4 heteroatoms. The van der Waals surface area contributed by atoms with Gasteiger partial charge in [0.05, 0.1) is 5.56 Å². The molecule has 1 aromatic heterocycles. The van der Waals surface area contributed by atoms with Gasteiger partial charge in [-0.05, 0) is 12.1 Å². The molecular formula is C8H7NO3. The van der Waals surface area contributed by atoms with Crippen molar-refractivity contribution >= 4 is 11.9 Å². The monoisotopic (exact) mass is 165 g/mol. The fourth-order valence-corrected chi connectivity index (χ4v) is 0.920. The van der Waals surface area contributed by atoms with Crippen LogP contribution < -0.4 is 0 Å². The first-order chi connectivity index (χ1) is 5.29. The maximum absolute atomic E-state index is 10.8. The summed E-state index contributed by atoms with van der Waals surface area (Å²) in [6.45, 7) is 0. The molecule has 0 atom stereocenters. The van der Waals surface area contributed by atoms with Crippen LogP contribution >= 0.6 is 0 Å². The Morgan fingerprint density at radius 3 is 2.67 bits per heavy atom. The van der Waals surface area contributed by atoms with E-state index in [0.29, 0.717) is 0 Å². The van der Waals surface area contributed by atoms with Gasteiger partial charge >= 0.3 is 11.9 Å². The third kappa shape index (κ3) is 0.972. The summed E-state index contributed by atoms with van der Waals surface area (Å²) < 4.78 is 4.29. The minimum absolute atomic E-state index is 0. The van der Waals surface area contributed by atoms with Gasteiger partial charge in [0, 0.05) is 6.20 Å². The minimum Gasteiger partial charge on any atom is -0.384 e. The molecule has 2 heterocycles. The smallest absolute Gasteiger partial charge is 0.365 e. The van der Waals surface area contributed by atoms with E-state index >= 15 is 0 Å². The van der Waals surface area contributed by atoms with Crippen molar-refractivity contribution in [3.8, 4) is 0 Å². The van der Waals surface area contributed by atoms with E-state index in [-0.39, 0.29) is 18.7 Å². The van der Waals surface area contributed by atoms with E-state index < -0.39 is 11.9 Å². The number of hydrogen-bond acceptors (Lipinski definition) is 4. The molecule has 0 N–H and O–H groups in total. The molecule has 0 bridgehead atoms. The van der Waals surface area contributed by atoms with Gasteiger partial charge in [0.2, 0.25) is 0 Å². The lowest BCUT2D eigenvalue weighted by molar-refractivity contribution is 0.0441. The SMILES string of the molecule is C.O=C1OC(=O)c2ncccc21. The van der Waals surface area contributed by atoms with Gasteiger partial charge in [-0.25, -0.2) is 14.6 Å². The van der Waals surface area contributed by atoms with E-state index in [9.17, 15) is 9.59 Å². The fraction of sp³-hybridized carbons (Fsp3) is 0.125. The predicted octanol–water partition coefficient (Wildman–Crippen LogP) is 1.03. The number of aromatic nitrogens is 1. The Labute approximate surface area is 69.2 Å². The summed E-state index contributed by atoms with van der Waals surface area (Å²) in [5.41, 5.74) is 0.356. The van der Waals surface area contributed by atoms with Gasteiger partial charge < -0.3 is 4.74 Å². The van der Waals surface area contributed by atoms with Crippen molar-refractivity contribution in [2.24, 2.45) is 0 Å². The molecule has 2 rings (SSSR count). The van der Waals surface area contributed by atoms with Crippen LogP contribution in [-0.4, -0.2) is 16.9 Å². The van der Waals surface area contributed by atoms with Crippen molar-refractivity contribution in [1.82, 2.24) is 4.98 Å². The molecule has 0 saturated heterocycles. The summed E-state index contributed by atoms with van der Waals surface area (Å²) in [6.07, 6.45) is 1.44. The fourth-order valence-electron chi connectivity index (χ4n) is 0.920. The van der Waals surface area contributed by atoms with Gasteiger partial charge in [-0.2, -0.15) is 0 Å². The lowest BCUT2D eigenvalue weighted by atomic mass is 10.2. The Hall–Kier alpha value is -1.71. The summed E-state index contributed by atoms with van der Waals surface area (Å²) in [7, 11) is 0. The Balaban J connectivity index is 0.000000720. The highest BCUT2D eigenvalue weighted by molar-refractivity contribution is 6.13. The zero-order valence-corrected chi connectivity index (χ0v) is 5.40. The van der Waals surface area contributed by atoms with Crippen LogP contribution in [0.25, 0.3) is 0 Å². The van der Waals surface area contributed by atoms with Crippen LogP contribution in [0.2, 0.25) is 0 Å². The van der Waals surface area contributed by atoms with E-state index in [1.165, 1.54) is 12.3 Å². The average Bonchev–Trinajstić information content (AvgIpc) is 2.30. The highest BCUT2D eigenvalue weighted by Crippen LogP contribution is 2.15. The Morgan fingerprint density at radius 1 is 1.25 bits per heavy atom. The first kappa shape index (κ1) is 8.39. The van der Waals surface area contributed by atoms with Gasteiger partial charge in [-0.15, -0.1) is 0 Å². The third-order valence-electron chi connectivity index (χ3n) is 1.41. The molecule has 0 fully saturated rings. The lowest BCUT2D eigenvalue weighted by Gasteiger charge is -1.85. The van der Waals surface area contributed by atoms with Crippen LogP contribution in [-0.2, 0) is 4.74 Å². The van der Waals surface area contributed by atoms with Crippen LogP contribution in [0.3, 0.4) is 0 Å². The largest absolute Gasteiger partial charge is 0.384 e. The quantitative estimate of drug-likeness (QED) is 0.425. The summed E-state index contributed by atoms with van der Waals surface area (Å²) in [4.78, 5) is 25.3. The van der Waals surface area contributed by atoms with Gasteiger partial charge in [0.1, 0.15) is 0 Å². The van der Waals surface area contributed by atoms with Gasteiger partial charge in [-0.3, -0.25) is 0 Å². The summed E-state index contributed by atoms with van der Waals surface area (Å²) in [5, 5.41) is 0. The Bertz CT molecular complexity index is 313. The van der Waals surface area contributed by atoms with Crippen molar-refractivity contribution < 1.29 is 14.3 Å². The highest BCUT2D eigenvalue weighted by Gasteiger charge is 2.30. The van der Waals surface area contributed by atoms with Crippen LogP contribution in [0.1, 0.15) is 28.3 Å². The van der Waals surface area contributed by atoms with Crippen LogP contribution in [0, 0.1) is 0 Å². The molecule has 1 aromatic rings. The van der Waals surface area contributed by atoms with Crippen molar-refractivity contribution in [2.45, 2.75) is 7.43 Å². The third-order valence-corrected chi connectivity index (χ3v) is 1.41. The number of carbonyl (C=O) groups is 2. The number of cyclic esters (lactones) is 2. The van der Waals surface area contributed by atoms with E-state index in [1.54, 1.807) is 6.07 Å². The molecule has 62 valence electrons. The second-order valence-electron chi connectivity index (χ2n) is 2.08. The standard InChI is InChI=1S/C7H3NO3.CH4/c9-6-4-2-1-3-8-5(4)7(10)11-6;/h1-3H;1H4. The summed E-state index contributed by atoms with van der Waals surface area (Å²) in [5.74, 6) is -1.27. The van der Waals surface area contributed by atoms with Gasteiger partial charge in [0.25, 0.3) is 0 Å². The number of fused-ring (bicyclic) bond motifs is 1. The van der Waals surface area contributed by atoms with Gasteiger partial charge in [0.15, 0.2) is 5.69 Å². The lowest BCUT2D eigenvalue weighted by Crippen LogP contribution is -1.97. The van der Waals surface area contributed by atoms with Crippen LogP contribution in [0.4, 0.5) is 0 Å². The van der Waals surface area contributed by atoms with E-state index in [1.807, 2.05) is 0 Å². The number of hydrogen-bond donors (Lipinski definition) is 0. The van der Waals surface area contributed by atoms with Crippen LogP contribution in [0.15, 0.2) is 18.3 Å². The number of pyridine rings is 1. The van der Waals surface area contributed by atoms with Crippen molar-refractivity contribution in [3.05, 3.63) is 29.6 Å². The number of esters is 2. The molecule has 1 aliphatic heterocycles. The molecule has 0 saturated carbocycles. The number of ether oxygens (including phenoxy) is 1. The predicted molar refractivity (Wildman–Crippen MR) is 40.7 cm³/mol. The zero-order chi connectivity index (χ0) is 7.84.